The monoisotopic (exact) mass is 263 g/mol. The summed E-state index contributed by atoms with van der Waals surface area (Å²) < 4.78 is 12.9. The number of aryl methyl sites for hydroxylation is 1. The van der Waals surface area contributed by atoms with Gasteiger partial charge in [0.15, 0.2) is 5.78 Å². The highest BCUT2D eigenvalue weighted by atomic mass is 35.5. The maximum Gasteiger partial charge on any atom is 0.167 e. The Morgan fingerprint density at radius 1 is 1.39 bits per heavy atom. The average molecular weight is 264 g/mol. The molecule has 18 heavy (non-hydrogen) atoms. The molecule has 4 heteroatoms. The number of halogens is 2. The molecule has 0 aliphatic heterocycles. The van der Waals surface area contributed by atoms with Gasteiger partial charge in [-0.05, 0) is 36.2 Å². The number of benzene rings is 1. The first kappa shape index (κ1) is 12.7. The Bertz CT molecular complexity index is 598. The highest BCUT2D eigenvalue weighted by Gasteiger charge is 2.12. The number of pyridine rings is 1. The van der Waals surface area contributed by atoms with Crippen molar-refractivity contribution in [2.75, 3.05) is 0 Å². The first-order valence-electron chi connectivity index (χ1n) is 5.45. The van der Waals surface area contributed by atoms with Crippen LogP contribution in [0.25, 0.3) is 0 Å². The normalized spacial score (nSPS) is 10.4. The number of hydrogen-bond donors (Lipinski definition) is 0. The van der Waals surface area contributed by atoms with E-state index in [4.69, 9.17) is 11.6 Å². The van der Waals surface area contributed by atoms with Crippen LogP contribution >= 0.6 is 11.6 Å². The van der Waals surface area contributed by atoms with E-state index in [-0.39, 0.29) is 17.2 Å². The van der Waals surface area contributed by atoms with E-state index in [0.29, 0.717) is 11.1 Å². The van der Waals surface area contributed by atoms with E-state index in [0.717, 1.165) is 5.56 Å². The van der Waals surface area contributed by atoms with E-state index >= 15 is 0 Å². The predicted molar refractivity (Wildman–Crippen MR) is 68.4 cm³/mol. The van der Waals surface area contributed by atoms with Crippen LogP contribution in [0.15, 0.2) is 36.7 Å². The maximum absolute atomic E-state index is 12.9. The zero-order chi connectivity index (χ0) is 13.1. The number of carbonyl (C=O) groups is 1. The van der Waals surface area contributed by atoms with Gasteiger partial charge in [-0.1, -0.05) is 17.7 Å². The molecule has 0 N–H and O–H groups in total. The fourth-order valence-electron chi connectivity index (χ4n) is 1.72. The van der Waals surface area contributed by atoms with Crippen molar-refractivity contribution in [2.24, 2.45) is 0 Å². The van der Waals surface area contributed by atoms with Crippen molar-refractivity contribution < 1.29 is 9.18 Å². The smallest absolute Gasteiger partial charge is 0.167 e. The molecule has 0 aliphatic carbocycles. The summed E-state index contributed by atoms with van der Waals surface area (Å²) in [5.41, 5.74) is 2.06. The van der Waals surface area contributed by atoms with E-state index in [1.165, 1.54) is 18.2 Å². The number of carbonyl (C=O) groups excluding carboxylic acids is 1. The fraction of sp³-hybridized carbons (Fsp3) is 0.143. The third-order valence-electron chi connectivity index (χ3n) is 2.69. The molecule has 0 unspecified atom stereocenters. The van der Waals surface area contributed by atoms with Crippen molar-refractivity contribution in [3.8, 4) is 0 Å². The third-order valence-corrected chi connectivity index (χ3v) is 3.04. The van der Waals surface area contributed by atoms with Gasteiger partial charge in [-0.2, -0.15) is 0 Å². The van der Waals surface area contributed by atoms with Crippen LogP contribution in [0.4, 0.5) is 4.39 Å². The Morgan fingerprint density at radius 3 is 2.83 bits per heavy atom. The van der Waals surface area contributed by atoms with Crippen LogP contribution in [0.5, 0.6) is 0 Å². The maximum atomic E-state index is 12.9. The Kier molecular flexibility index (Phi) is 3.72. The minimum Gasteiger partial charge on any atom is -0.294 e. The van der Waals surface area contributed by atoms with E-state index in [1.54, 1.807) is 18.5 Å². The molecule has 1 aromatic heterocycles. The van der Waals surface area contributed by atoms with Crippen LogP contribution in [-0.2, 0) is 6.42 Å². The predicted octanol–water partition coefficient (Wildman–Crippen LogP) is 3.61. The van der Waals surface area contributed by atoms with Gasteiger partial charge in [0, 0.05) is 29.4 Å². The molecule has 2 nitrogen and oxygen atoms in total. The van der Waals surface area contributed by atoms with E-state index in [2.05, 4.69) is 4.98 Å². The minimum atomic E-state index is -0.406. The molecule has 0 saturated heterocycles. The summed E-state index contributed by atoms with van der Waals surface area (Å²) >= 11 is 5.90. The molecule has 2 aromatic rings. The lowest BCUT2D eigenvalue weighted by Gasteiger charge is -2.06. The summed E-state index contributed by atoms with van der Waals surface area (Å²) in [6.45, 7) is 1.83. The van der Waals surface area contributed by atoms with Crippen LogP contribution in [0.3, 0.4) is 0 Å². The number of aromatic nitrogens is 1. The van der Waals surface area contributed by atoms with E-state index < -0.39 is 5.82 Å². The Morgan fingerprint density at radius 2 is 2.17 bits per heavy atom. The van der Waals surface area contributed by atoms with Crippen LogP contribution in [0.2, 0.25) is 5.02 Å². The lowest BCUT2D eigenvalue weighted by atomic mass is 10.0. The Labute approximate surface area is 109 Å². The molecule has 0 atom stereocenters. The van der Waals surface area contributed by atoms with Crippen molar-refractivity contribution in [3.63, 3.8) is 0 Å². The van der Waals surface area contributed by atoms with Crippen molar-refractivity contribution in [1.82, 2.24) is 4.98 Å². The van der Waals surface area contributed by atoms with Gasteiger partial charge in [-0.25, -0.2) is 4.39 Å². The third kappa shape index (κ3) is 2.74. The van der Waals surface area contributed by atoms with Crippen molar-refractivity contribution >= 4 is 17.4 Å². The number of rotatable bonds is 3. The first-order chi connectivity index (χ1) is 8.58. The van der Waals surface area contributed by atoms with Gasteiger partial charge in [0.05, 0.1) is 0 Å². The van der Waals surface area contributed by atoms with Gasteiger partial charge >= 0.3 is 0 Å². The zero-order valence-corrected chi connectivity index (χ0v) is 10.5. The van der Waals surface area contributed by atoms with E-state index in [1.807, 2.05) is 6.92 Å². The SMILES string of the molecule is Cc1cnccc1C(=O)Cc1ccc(F)cc1Cl. The summed E-state index contributed by atoms with van der Waals surface area (Å²) in [5, 5.41) is 0.273. The molecule has 0 radical (unpaired) electrons. The molecule has 0 aliphatic rings. The van der Waals surface area contributed by atoms with Crippen LogP contribution in [0, 0.1) is 12.7 Å². The fourth-order valence-corrected chi connectivity index (χ4v) is 1.95. The summed E-state index contributed by atoms with van der Waals surface area (Å²) in [4.78, 5) is 16.0. The van der Waals surface area contributed by atoms with Crippen molar-refractivity contribution in [3.05, 3.63) is 64.2 Å². The topological polar surface area (TPSA) is 30.0 Å². The summed E-state index contributed by atoms with van der Waals surface area (Å²) in [6, 6.07) is 5.72. The molecule has 1 aromatic carbocycles. The summed E-state index contributed by atoms with van der Waals surface area (Å²) in [6.07, 6.45) is 3.37. The van der Waals surface area contributed by atoms with Crippen LogP contribution < -0.4 is 0 Å². The second-order valence-corrected chi connectivity index (χ2v) is 4.43. The molecule has 1 heterocycles. The molecular formula is C14H11ClFNO. The molecule has 2 rings (SSSR count). The summed E-state index contributed by atoms with van der Waals surface area (Å²) in [5.74, 6) is -0.459. The number of ketones is 1. The number of nitrogens with zero attached hydrogens (tertiary/aromatic N) is 1. The second-order valence-electron chi connectivity index (χ2n) is 4.03. The number of Topliss-reactive ketones (excluding diaryl/α,β-unsaturated/α-hetero) is 1. The van der Waals surface area contributed by atoms with Crippen molar-refractivity contribution in [1.29, 1.82) is 0 Å². The van der Waals surface area contributed by atoms with Gasteiger partial charge in [0.1, 0.15) is 5.82 Å². The average Bonchev–Trinajstić information content (AvgIpc) is 2.33. The van der Waals surface area contributed by atoms with Crippen molar-refractivity contribution in [2.45, 2.75) is 13.3 Å². The molecular weight excluding hydrogens is 253 g/mol. The Balaban J connectivity index is 2.24. The Hall–Kier alpha value is -1.74. The summed E-state index contributed by atoms with van der Waals surface area (Å²) in [7, 11) is 0. The lowest BCUT2D eigenvalue weighted by molar-refractivity contribution is 0.0992. The standard InChI is InChI=1S/C14H11ClFNO/c1-9-8-17-5-4-12(9)14(18)6-10-2-3-11(16)7-13(10)15/h2-5,7-8H,6H2,1H3. The second kappa shape index (κ2) is 5.27. The van der Waals surface area contributed by atoms with Gasteiger partial charge in [-0.3, -0.25) is 9.78 Å². The van der Waals surface area contributed by atoms with Gasteiger partial charge < -0.3 is 0 Å². The van der Waals surface area contributed by atoms with Gasteiger partial charge in [0.25, 0.3) is 0 Å². The molecule has 0 bridgehead atoms. The van der Waals surface area contributed by atoms with E-state index in [9.17, 15) is 9.18 Å². The molecule has 0 spiro atoms. The lowest BCUT2D eigenvalue weighted by Crippen LogP contribution is -2.06. The number of hydrogen-bond acceptors (Lipinski definition) is 2. The largest absolute Gasteiger partial charge is 0.294 e. The first-order valence-corrected chi connectivity index (χ1v) is 5.83. The van der Waals surface area contributed by atoms with Gasteiger partial charge in [0.2, 0.25) is 0 Å². The quantitative estimate of drug-likeness (QED) is 0.792. The molecule has 0 amide bonds. The highest BCUT2D eigenvalue weighted by Crippen LogP contribution is 2.19. The molecule has 0 fully saturated rings. The van der Waals surface area contributed by atoms with Crippen LogP contribution in [-0.4, -0.2) is 10.8 Å². The molecule has 92 valence electrons. The molecule has 0 saturated carbocycles. The highest BCUT2D eigenvalue weighted by molar-refractivity contribution is 6.31. The zero-order valence-electron chi connectivity index (χ0n) is 9.78. The minimum absolute atomic E-state index is 0.0524. The van der Waals surface area contributed by atoms with Crippen LogP contribution in [0.1, 0.15) is 21.5 Å². The van der Waals surface area contributed by atoms with Gasteiger partial charge in [-0.15, -0.1) is 0 Å².